The Morgan fingerprint density at radius 2 is 2.14 bits per heavy atom. The van der Waals surface area contributed by atoms with Gasteiger partial charge in [-0.25, -0.2) is 0 Å². The number of ether oxygens (including phenoxy) is 2. The number of nitrogens with two attached hydrogens (primary N) is 1. The lowest BCUT2D eigenvalue weighted by Gasteiger charge is -2.10. The Bertz CT molecular complexity index is 652. The van der Waals surface area contributed by atoms with Gasteiger partial charge in [-0.05, 0) is 23.8 Å². The quantitative estimate of drug-likeness (QED) is 0.848. The molecule has 2 rings (SSSR count). The van der Waals surface area contributed by atoms with Crippen molar-refractivity contribution in [1.29, 1.82) is 0 Å². The Balaban J connectivity index is 2.28. The Morgan fingerprint density at radius 1 is 1.43 bits per heavy atom. The molecule has 0 amide bonds. The molecule has 5 nitrogen and oxygen atoms in total. The van der Waals surface area contributed by atoms with E-state index < -0.39 is 18.4 Å². The van der Waals surface area contributed by atoms with Crippen molar-refractivity contribution < 1.29 is 27.4 Å². The molecular weight excluding hydrogens is 289 g/mol. The molecule has 1 aromatic heterocycles. The summed E-state index contributed by atoms with van der Waals surface area (Å²) in [5.74, 6) is -0.922. The van der Waals surface area contributed by atoms with Gasteiger partial charge in [-0.3, -0.25) is 4.79 Å². The Labute approximate surface area is 117 Å². The highest BCUT2D eigenvalue weighted by Gasteiger charge is 2.31. The van der Waals surface area contributed by atoms with E-state index in [9.17, 15) is 18.0 Å². The number of H-pyrrole nitrogens is 1. The molecule has 0 saturated carbocycles. The lowest BCUT2D eigenvalue weighted by Crippen LogP contribution is -2.33. The van der Waals surface area contributed by atoms with E-state index >= 15 is 0 Å². The maximum Gasteiger partial charge on any atom is 0.573 e. The number of carbonyl (C=O) groups is 1. The highest BCUT2D eigenvalue weighted by molar-refractivity contribution is 5.85. The van der Waals surface area contributed by atoms with E-state index in [-0.39, 0.29) is 12.2 Å². The maximum atomic E-state index is 12.2. The van der Waals surface area contributed by atoms with Crippen LogP contribution in [-0.4, -0.2) is 30.5 Å². The normalized spacial score (nSPS) is 13.2. The molecule has 1 heterocycles. The fourth-order valence-corrected chi connectivity index (χ4v) is 2.00. The summed E-state index contributed by atoms with van der Waals surface area (Å²) in [6, 6.07) is 3.03. The third-order valence-electron chi connectivity index (χ3n) is 2.92. The SMILES string of the molecule is COC(=O)C(N)Cc1c[nH]c2ccc(OC(F)(F)F)cc12. The minimum atomic E-state index is -4.76. The highest BCUT2D eigenvalue weighted by atomic mass is 19.4. The van der Waals surface area contributed by atoms with Gasteiger partial charge >= 0.3 is 12.3 Å². The minimum Gasteiger partial charge on any atom is -0.468 e. The second-order valence-corrected chi connectivity index (χ2v) is 4.40. The number of nitrogens with one attached hydrogen (secondary N) is 1. The molecule has 0 aliphatic heterocycles. The van der Waals surface area contributed by atoms with Crippen molar-refractivity contribution in [2.24, 2.45) is 5.73 Å². The van der Waals surface area contributed by atoms with Gasteiger partial charge in [0.05, 0.1) is 7.11 Å². The summed E-state index contributed by atoms with van der Waals surface area (Å²) in [4.78, 5) is 14.2. The summed E-state index contributed by atoms with van der Waals surface area (Å²) in [6.45, 7) is 0. The minimum absolute atomic E-state index is 0.141. The number of methoxy groups -OCH3 is 1. The molecule has 114 valence electrons. The molecule has 21 heavy (non-hydrogen) atoms. The number of carbonyl (C=O) groups excluding carboxylic acids is 1. The summed E-state index contributed by atoms with van der Waals surface area (Å²) in [6.07, 6.45) is -3.03. The smallest absolute Gasteiger partial charge is 0.468 e. The van der Waals surface area contributed by atoms with E-state index in [2.05, 4.69) is 14.5 Å². The predicted molar refractivity (Wildman–Crippen MR) is 68.7 cm³/mol. The first-order valence-corrected chi connectivity index (χ1v) is 5.99. The monoisotopic (exact) mass is 302 g/mol. The lowest BCUT2D eigenvalue weighted by molar-refractivity contribution is -0.274. The Hall–Kier alpha value is -2.22. The third-order valence-corrected chi connectivity index (χ3v) is 2.92. The molecule has 0 fully saturated rings. The number of fused-ring (bicyclic) bond motifs is 1. The topological polar surface area (TPSA) is 77.3 Å². The van der Waals surface area contributed by atoms with Gasteiger partial charge in [0, 0.05) is 23.5 Å². The fourth-order valence-electron chi connectivity index (χ4n) is 2.00. The van der Waals surface area contributed by atoms with Crippen molar-refractivity contribution in [3.05, 3.63) is 30.0 Å². The van der Waals surface area contributed by atoms with Crippen LogP contribution >= 0.6 is 0 Å². The second kappa shape index (κ2) is 5.65. The van der Waals surface area contributed by atoms with E-state index in [0.717, 1.165) is 0 Å². The standard InChI is InChI=1S/C13H13F3N2O3/c1-20-12(19)10(17)4-7-6-18-11-3-2-8(5-9(7)11)21-13(14,15)16/h2-3,5-6,10,18H,4,17H2,1H3. The maximum absolute atomic E-state index is 12.2. The Kier molecular flexibility index (Phi) is 4.08. The van der Waals surface area contributed by atoms with E-state index in [1.54, 1.807) is 6.20 Å². The van der Waals surface area contributed by atoms with Crippen LogP contribution in [0.5, 0.6) is 5.75 Å². The van der Waals surface area contributed by atoms with Crippen LogP contribution in [0.25, 0.3) is 10.9 Å². The second-order valence-electron chi connectivity index (χ2n) is 4.40. The summed E-state index contributed by atoms with van der Waals surface area (Å²) >= 11 is 0. The van der Waals surface area contributed by atoms with Crippen molar-refractivity contribution in [1.82, 2.24) is 4.98 Å². The summed E-state index contributed by atoms with van der Waals surface area (Å²) in [5.41, 5.74) is 6.88. The van der Waals surface area contributed by atoms with Crippen LogP contribution in [0.2, 0.25) is 0 Å². The number of hydrogen-bond acceptors (Lipinski definition) is 4. The summed E-state index contributed by atoms with van der Waals surface area (Å²) in [5, 5.41) is 0.510. The van der Waals surface area contributed by atoms with Crippen LogP contribution in [0.4, 0.5) is 13.2 Å². The van der Waals surface area contributed by atoms with Crippen LogP contribution in [0, 0.1) is 0 Å². The molecule has 1 aromatic carbocycles. The number of esters is 1. The van der Waals surface area contributed by atoms with Gasteiger partial charge in [0.2, 0.25) is 0 Å². The fraction of sp³-hybridized carbons (Fsp3) is 0.308. The van der Waals surface area contributed by atoms with Crippen LogP contribution in [0.3, 0.4) is 0 Å². The van der Waals surface area contributed by atoms with Gasteiger partial charge in [0.15, 0.2) is 0 Å². The zero-order valence-corrected chi connectivity index (χ0v) is 11.0. The lowest BCUT2D eigenvalue weighted by atomic mass is 10.1. The molecular formula is C13H13F3N2O3. The molecule has 0 radical (unpaired) electrons. The van der Waals surface area contributed by atoms with E-state index in [4.69, 9.17) is 5.73 Å². The Morgan fingerprint density at radius 3 is 2.76 bits per heavy atom. The average Bonchev–Trinajstić information content (AvgIpc) is 2.78. The van der Waals surface area contributed by atoms with Gasteiger partial charge in [-0.1, -0.05) is 0 Å². The summed E-state index contributed by atoms with van der Waals surface area (Å²) in [7, 11) is 1.21. The zero-order chi connectivity index (χ0) is 15.6. The molecule has 2 aromatic rings. The number of halogens is 3. The molecule has 1 atom stereocenters. The molecule has 0 saturated heterocycles. The van der Waals surface area contributed by atoms with E-state index in [1.165, 1.54) is 25.3 Å². The zero-order valence-electron chi connectivity index (χ0n) is 11.0. The first-order chi connectivity index (χ1) is 9.80. The van der Waals surface area contributed by atoms with Crippen molar-refractivity contribution in [3.63, 3.8) is 0 Å². The first-order valence-electron chi connectivity index (χ1n) is 5.99. The van der Waals surface area contributed by atoms with Crippen molar-refractivity contribution in [2.75, 3.05) is 7.11 Å². The number of rotatable bonds is 4. The molecule has 0 spiro atoms. The third kappa shape index (κ3) is 3.66. The number of hydrogen-bond donors (Lipinski definition) is 2. The largest absolute Gasteiger partial charge is 0.573 e. The molecule has 1 unspecified atom stereocenters. The first kappa shape index (κ1) is 15.2. The van der Waals surface area contributed by atoms with Gasteiger partial charge in [-0.15, -0.1) is 13.2 Å². The molecule has 8 heteroatoms. The predicted octanol–water partition coefficient (Wildman–Crippen LogP) is 2.11. The molecule has 3 N–H and O–H groups in total. The van der Waals surface area contributed by atoms with Crippen molar-refractivity contribution in [2.45, 2.75) is 18.8 Å². The van der Waals surface area contributed by atoms with E-state index in [0.29, 0.717) is 16.5 Å². The number of aromatic nitrogens is 1. The summed E-state index contributed by atoms with van der Waals surface area (Å²) < 4.78 is 45.0. The van der Waals surface area contributed by atoms with Crippen molar-refractivity contribution in [3.8, 4) is 5.75 Å². The molecule has 0 aliphatic rings. The van der Waals surface area contributed by atoms with Crippen molar-refractivity contribution >= 4 is 16.9 Å². The van der Waals surface area contributed by atoms with Gasteiger partial charge in [-0.2, -0.15) is 0 Å². The van der Waals surface area contributed by atoms with Crippen LogP contribution in [0.1, 0.15) is 5.56 Å². The van der Waals surface area contributed by atoms with Crippen LogP contribution < -0.4 is 10.5 Å². The van der Waals surface area contributed by atoms with Gasteiger partial charge in [0.25, 0.3) is 0 Å². The molecule has 0 bridgehead atoms. The van der Waals surface area contributed by atoms with Crippen LogP contribution in [0.15, 0.2) is 24.4 Å². The van der Waals surface area contributed by atoms with Gasteiger partial charge < -0.3 is 20.2 Å². The van der Waals surface area contributed by atoms with Gasteiger partial charge in [0.1, 0.15) is 11.8 Å². The molecule has 0 aliphatic carbocycles. The number of alkyl halides is 3. The highest BCUT2D eigenvalue weighted by Crippen LogP contribution is 2.28. The number of aromatic amines is 1. The van der Waals surface area contributed by atoms with E-state index in [1.807, 2.05) is 0 Å². The number of benzene rings is 1. The van der Waals surface area contributed by atoms with Crippen LogP contribution in [-0.2, 0) is 16.0 Å². The average molecular weight is 302 g/mol.